The van der Waals surface area contributed by atoms with Crippen LogP contribution in [0.1, 0.15) is 6.42 Å². The molecule has 11 heavy (non-hydrogen) atoms. The highest BCUT2D eigenvalue weighted by molar-refractivity contribution is 7.80. The summed E-state index contributed by atoms with van der Waals surface area (Å²) in [6, 6.07) is 0. The molecule has 0 aromatic rings. The maximum Gasteiger partial charge on any atom is 0.217 e. The van der Waals surface area contributed by atoms with Crippen molar-refractivity contribution in [2.75, 3.05) is 13.7 Å². The average Bonchev–Trinajstić information content (AvgIpc) is 2.41. The molecule has 1 heterocycles. The van der Waals surface area contributed by atoms with Crippen LogP contribution in [0.4, 0.5) is 0 Å². The molecule has 1 rings (SSSR count). The first-order valence-electron chi connectivity index (χ1n) is 3.06. The van der Waals surface area contributed by atoms with E-state index in [1.54, 1.807) is 0 Å². The number of nitrogens with two attached hydrogens (primary N) is 1. The molecule has 6 heteroatoms. The molecule has 0 aromatic heterocycles. The van der Waals surface area contributed by atoms with E-state index in [1.807, 2.05) is 0 Å². The van der Waals surface area contributed by atoms with E-state index in [9.17, 15) is 13.0 Å². The lowest BCUT2D eigenvalue weighted by atomic mass is 10.5. The smallest absolute Gasteiger partial charge is 0.217 e. The van der Waals surface area contributed by atoms with Crippen molar-refractivity contribution in [3.05, 3.63) is 12.3 Å². The van der Waals surface area contributed by atoms with E-state index in [4.69, 9.17) is 0 Å². The van der Waals surface area contributed by atoms with Gasteiger partial charge in [-0.15, -0.1) is 0 Å². The number of hydrogen-bond donors (Lipinski definition) is 1. The zero-order valence-electron chi connectivity index (χ0n) is 6.19. The second kappa shape index (κ2) is 5.25. The molecule has 0 saturated carbocycles. The highest BCUT2D eigenvalue weighted by Crippen LogP contribution is 1.75. The van der Waals surface area contributed by atoms with Gasteiger partial charge in [-0.2, -0.15) is 0 Å². The van der Waals surface area contributed by atoms with Crippen molar-refractivity contribution < 1.29 is 22.5 Å². The second-order valence-electron chi connectivity index (χ2n) is 1.82. The van der Waals surface area contributed by atoms with Crippen molar-refractivity contribution in [1.82, 2.24) is 0 Å². The highest BCUT2D eigenvalue weighted by Gasteiger charge is 1.87. The quantitative estimate of drug-likeness (QED) is 0.396. The maximum absolute atomic E-state index is 9.22. The highest BCUT2D eigenvalue weighted by atomic mass is 32.3. The van der Waals surface area contributed by atoms with Crippen LogP contribution in [0.25, 0.3) is 0 Å². The Bertz CT molecular complexity index is 203. The summed E-state index contributed by atoms with van der Waals surface area (Å²) >= 11 is 0. The Hall–Kier alpha value is -0.430. The molecule has 0 aromatic carbocycles. The predicted octanol–water partition coefficient (Wildman–Crippen LogP) is -1.44. The minimum atomic E-state index is -4.41. The maximum atomic E-state index is 9.22. The molecule has 0 spiro atoms. The van der Waals surface area contributed by atoms with E-state index in [2.05, 4.69) is 21.8 Å². The van der Waals surface area contributed by atoms with Gasteiger partial charge in [-0.1, -0.05) is 0 Å². The van der Waals surface area contributed by atoms with Crippen molar-refractivity contribution in [2.45, 2.75) is 6.42 Å². The van der Waals surface area contributed by atoms with Crippen LogP contribution in [0.15, 0.2) is 12.3 Å². The van der Waals surface area contributed by atoms with Gasteiger partial charge in [-0.25, -0.2) is 8.42 Å². The molecule has 2 N–H and O–H groups in total. The third kappa shape index (κ3) is 9.57. The molecule has 0 unspecified atom stereocenters. The Morgan fingerprint density at radius 1 is 1.64 bits per heavy atom. The molecule has 66 valence electrons. The summed E-state index contributed by atoms with van der Waals surface area (Å²) in [6.45, 7) is 1.26. The molecule has 0 radical (unpaired) electrons. The lowest BCUT2D eigenvalue weighted by Gasteiger charge is -1.98. The topological polar surface area (TPSA) is 83.0 Å². The standard InChI is InChI=1S/C4H7N.CH4O4S/c1-2-4-5-3-1;1-5-6(2,3)4/h1,3,5H,2,4H2;1H3,(H,2,3,4). The van der Waals surface area contributed by atoms with Crippen molar-refractivity contribution in [2.24, 2.45) is 0 Å². The molecule has 0 amide bonds. The van der Waals surface area contributed by atoms with Gasteiger partial charge in [0.2, 0.25) is 10.4 Å². The molecule has 0 fully saturated rings. The zero-order chi connectivity index (χ0) is 8.74. The zero-order valence-corrected chi connectivity index (χ0v) is 7.00. The summed E-state index contributed by atoms with van der Waals surface area (Å²) in [4.78, 5) is 0. The number of hydrogen-bond acceptors (Lipinski definition) is 4. The van der Waals surface area contributed by atoms with Crippen molar-refractivity contribution in [1.29, 1.82) is 0 Å². The van der Waals surface area contributed by atoms with Crippen LogP contribution in [0.5, 0.6) is 0 Å². The number of quaternary nitrogens is 1. The predicted molar refractivity (Wildman–Crippen MR) is 37.3 cm³/mol. The molecule has 0 aliphatic carbocycles. The molecule has 5 nitrogen and oxygen atoms in total. The van der Waals surface area contributed by atoms with E-state index in [0.717, 1.165) is 7.11 Å². The van der Waals surface area contributed by atoms with Gasteiger partial charge in [0.05, 0.1) is 19.9 Å². The molecule has 0 bridgehead atoms. The van der Waals surface area contributed by atoms with Crippen molar-refractivity contribution >= 4 is 10.4 Å². The fraction of sp³-hybridized carbons (Fsp3) is 0.600. The minimum absolute atomic E-state index is 0.808. The number of rotatable bonds is 1. The van der Waals surface area contributed by atoms with Gasteiger partial charge in [-0.3, -0.25) is 4.18 Å². The largest absolute Gasteiger partial charge is 0.726 e. The van der Waals surface area contributed by atoms with Crippen molar-refractivity contribution in [3.63, 3.8) is 0 Å². The molecule has 1 aliphatic heterocycles. The molecular formula is C5H11NO4S. The van der Waals surface area contributed by atoms with Gasteiger partial charge in [0.25, 0.3) is 0 Å². The van der Waals surface area contributed by atoms with Crippen LogP contribution < -0.4 is 5.32 Å². The molecular weight excluding hydrogens is 170 g/mol. The first-order valence-corrected chi connectivity index (χ1v) is 4.39. The fourth-order valence-corrected chi connectivity index (χ4v) is 0.481. The molecule has 0 atom stereocenters. The van der Waals surface area contributed by atoms with Gasteiger partial charge in [-0.05, 0) is 6.08 Å². The van der Waals surface area contributed by atoms with E-state index >= 15 is 0 Å². The third-order valence-corrected chi connectivity index (χ3v) is 1.38. The second-order valence-corrected chi connectivity index (χ2v) is 2.97. The van der Waals surface area contributed by atoms with E-state index in [-0.39, 0.29) is 0 Å². The Labute approximate surface area is 66.0 Å². The summed E-state index contributed by atoms with van der Waals surface area (Å²) in [5.74, 6) is 0. The summed E-state index contributed by atoms with van der Waals surface area (Å²) < 4.78 is 31.0. The monoisotopic (exact) mass is 181 g/mol. The van der Waals surface area contributed by atoms with Crippen LogP contribution in [-0.2, 0) is 14.6 Å². The van der Waals surface area contributed by atoms with Gasteiger partial charge >= 0.3 is 0 Å². The molecule has 0 saturated heterocycles. The normalized spacial score (nSPS) is 15.8. The minimum Gasteiger partial charge on any atom is -0.726 e. The van der Waals surface area contributed by atoms with E-state index < -0.39 is 10.4 Å². The van der Waals surface area contributed by atoms with Crippen LogP contribution in [0.2, 0.25) is 0 Å². The van der Waals surface area contributed by atoms with Crippen molar-refractivity contribution in [3.8, 4) is 0 Å². The molecule has 1 aliphatic rings. The van der Waals surface area contributed by atoms with E-state index in [0.29, 0.717) is 0 Å². The first kappa shape index (κ1) is 10.6. The third-order valence-electron chi connectivity index (χ3n) is 0.976. The van der Waals surface area contributed by atoms with Gasteiger partial charge in [0.15, 0.2) is 0 Å². The van der Waals surface area contributed by atoms with Crippen LogP contribution in [0.3, 0.4) is 0 Å². The lowest BCUT2D eigenvalue weighted by molar-refractivity contribution is -0.578. The van der Waals surface area contributed by atoms with Crippen LogP contribution in [-0.4, -0.2) is 26.6 Å². The Kier molecular flexibility index (Phi) is 5.05. The Morgan fingerprint density at radius 2 is 2.18 bits per heavy atom. The van der Waals surface area contributed by atoms with Gasteiger partial charge < -0.3 is 9.87 Å². The summed E-state index contributed by atoms with van der Waals surface area (Å²) in [5.41, 5.74) is 0. The Balaban J connectivity index is 0.000000183. The average molecular weight is 181 g/mol. The fourth-order valence-electron chi connectivity index (χ4n) is 0.481. The summed E-state index contributed by atoms with van der Waals surface area (Å²) in [6.07, 6.45) is 5.56. The van der Waals surface area contributed by atoms with Gasteiger partial charge in [0, 0.05) is 6.42 Å². The lowest BCUT2D eigenvalue weighted by Crippen LogP contribution is -2.75. The van der Waals surface area contributed by atoms with Crippen LogP contribution in [0, 0.1) is 0 Å². The van der Waals surface area contributed by atoms with Crippen LogP contribution >= 0.6 is 0 Å². The van der Waals surface area contributed by atoms with E-state index in [1.165, 1.54) is 13.0 Å². The summed E-state index contributed by atoms with van der Waals surface area (Å²) in [7, 11) is -3.60. The Morgan fingerprint density at radius 3 is 2.27 bits per heavy atom. The summed E-state index contributed by atoms with van der Waals surface area (Å²) in [5, 5.41) is 2.18. The first-order chi connectivity index (χ1) is 5.06. The van der Waals surface area contributed by atoms with Gasteiger partial charge in [0.1, 0.15) is 0 Å². The SMILES string of the molecule is C1=C[NH2+]CC1.COS(=O)(=O)[O-].